The summed E-state index contributed by atoms with van der Waals surface area (Å²) in [6, 6.07) is 12.1. The van der Waals surface area contributed by atoms with E-state index in [4.69, 9.17) is 4.74 Å². The van der Waals surface area contributed by atoms with E-state index >= 15 is 0 Å². The molecule has 1 aromatic heterocycles. The molecule has 2 heteroatoms. The first-order valence-corrected chi connectivity index (χ1v) is 7.10. The van der Waals surface area contributed by atoms with E-state index < -0.39 is 0 Å². The summed E-state index contributed by atoms with van der Waals surface area (Å²) in [7, 11) is 0. The van der Waals surface area contributed by atoms with Crippen molar-refractivity contribution in [3.63, 3.8) is 0 Å². The van der Waals surface area contributed by atoms with Crippen LogP contribution in [0, 0.1) is 0 Å². The number of aromatic nitrogens is 1. The largest absolute Gasteiger partial charge is 0.455 e. The molecule has 1 aliphatic carbocycles. The third-order valence-corrected chi connectivity index (χ3v) is 3.83. The van der Waals surface area contributed by atoms with Crippen LogP contribution in [0.5, 0.6) is 11.5 Å². The Morgan fingerprint density at radius 3 is 2.53 bits per heavy atom. The van der Waals surface area contributed by atoms with Crippen molar-refractivity contribution in [3.8, 4) is 11.5 Å². The number of hydrogen-bond donors (Lipinski definition) is 0. The second-order valence-corrected chi connectivity index (χ2v) is 5.16. The number of rotatable bonds is 3. The molecular formula is C17H19NO. The molecule has 1 aromatic carbocycles. The van der Waals surface area contributed by atoms with Gasteiger partial charge in [0.2, 0.25) is 0 Å². The van der Waals surface area contributed by atoms with Gasteiger partial charge < -0.3 is 4.74 Å². The second kappa shape index (κ2) is 5.87. The molecule has 1 saturated carbocycles. The molecule has 0 spiro atoms. The molecule has 0 N–H and O–H groups in total. The zero-order chi connectivity index (χ0) is 12.9. The molecule has 19 heavy (non-hydrogen) atoms. The van der Waals surface area contributed by atoms with Crippen molar-refractivity contribution in [2.45, 2.75) is 38.0 Å². The van der Waals surface area contributed by atoms with Crippen LogP contribution < -0.4 is 4.74 Å². The van der Waals surface area contributed by atoms with Gasteiger partial charge in [0, 0.05) is 11.8 Å². The monoisotopic (exact) mass is 253 g/mol. The minimum Gasteiger partial charge on any atom is -0.455 e. The Labute approximate surface area is 114 Å². The van der Waals surface area contributed by atoms with Crippen LogP contribution in [0.3, 0.4) is 0 Å². The number of hydrogen-bond acceptors (Lipinski definition) is 2. The highest BCUT2D eigenvalue weighted by atomic mass is 16.5. The molecule has 0 aliphatic heterocycles. The summed E-state index contributed by atoms with van der Waals surface area (Å²) < 4.78 is 6.00. The average Bonchev–Trinajstić information content (AvgIpc) is 2.50. The fourth-order valence-corrected chi connectivity index (χ4v) is 2.84. The smallest absolute Gasteiger partial charge is 0.149 e. The van der Waals surface area contributed by atoms with Crippen molar-refractivity contribution in [2.24, 2.45) is 0 Å². The second-order valence-electron chi connectivity index (χ2n) is 5.16. The van der Waals surface area contributed by atoms with Crippen LogP contribution in [-0.2, 0) is 0 Å². The predicted molar refractivity (Wildman–Crippen MR) is 76.6 cm³/mol. The lowest BCUT2D eigenvalue weighted by Gasteiger charge is -2.23. The molecule has 2 aromatic rings. The van der Waals surface area contributed by atoms with Crippen LogP contribution in [0.25, 0.3) is 0 Å². The quantitative estimate of drug-likeness (QED) is 0.774. The van der Waals surface area contributed by atoms with E-state index in [1.807, 2.05) is 42.7 Å². The molecule has 1 aliphatic rings. The number of pyridine rings is 1. The van der Waals surface area contributed by atoms with Gasteiger partial charge in [-0.15, -0.1) is 0 Å². The van der Waals surface area contributed by atoms with E-state index in [0.717, 1.165) is 11.5 Å². The van der Waals surface area contributed by atoms with Crippen LogP contribution in [0.4, 0.5) is 0 Å². The highest BCUT2D eigenvalue weighted by Crippen LogP contribution is 2.38. The summed E-state index contributed by atoms with van der Waals surface area (Å²) in [5.41, 5.74) is 1.32. The highest BCUT2D eigenvalue weighted by Gasteiger charge is 2.19. The third-order valence-electron chi connectivity index (χ3n) is 3.83. The van der Waals surface area contributed by atoms with Gasteiger partial charge in [0.15, 0.2) is 0 Å². The number of para-hydroxylation sites is 1. The fourth-order valence-electron chi connectivity index (χ4n) is 2.84. The lowest BCUT2D eigenvalue weighted by Crippen LogP contribution is -2.06. The van der Waals surface area contributed by atoms with Gasteiger partial charge in [-0.1, -0.05) is 37.5 Å². The molecule has 0 amide bonds. The first-order chi connectivity index (χ1) is 9.43. The molecule has 0 unspecified atom stereocenters. The van der Waals surface area contributed by atoms with Gasteiger partial charge in [-0.05, 0) is 37.0 Å². The Morgan fingerprint density at radius 2 is 1.74 bits per heavy atom. The van der Waals surface area contributed by atoms with E-state index in [2.05, 4.69) is 11.1 Å². The van der Waals surface area contributed by atoms with E-state index in [1.54, 1.807) is 0 Å². The Morgan fingerprint density at radius 1 is 0.947 bits per heavy atom. The zero-order valence-electron chi connectivity index (χ0n) is 11.1. The maximum Gasteiger partial charge on any atom is 0.149 e. The molecule has 0 saturated heterocycles. The summed E-state index contributed by atoms with van der Waals surface area (Å²) in [5.74, 6) is 2.43. The fraction of sp³-hybridized carbons (Fsp3) is 0.353. The maximum absolute atomic E-state index is 6.00. The molecule has 3 rings (SSSR count). The Kier molecular flexibility index (Phi) is 3.78. The van der Waals surface area contributed by atoms with Crippen molar-refractivity contribution in [3.05, 3.63) is 54.4 Å². The van der Waals surface area contributed by atoms with Crippen LogP contribution in [0.2, 0.25) is 0 Å². The molecule has 2 nitrogen and oxygen atoms in total. The van der Waals surface area contributed by atoms with Crippen molar-refractivity contribution >= 4 is 0 Å². The number of benzene rings is 1. The topological polar surface area (TPSA) is 22.1 Å². The SMILES string of the molecule is c1ccc(Oc2cnccc2C2CCCCC2)cc1. The first-order valence-electron chi connectivity index (χ1n) is 7.10. The molecule has 98 valence electrons. The van der Waals surface area contributed by atoms with E-state index in [0.29, 0.717) is 5.92 Å². The van der Waals surface area contributed by atoms with Crippen molar-refractivity contribution < 1.29 is 4.74 Å². The molecular weight excluding hydrogens is 234 g/mol. The van der Waals surface area contributed by atoms with Crippen LogP contribution in [0.1, 0.15) is 43.6 Å². The standard InChI is InChI=1S/C17H19NO/c1-3-7-14(8-4-1)16-11-12-18-13-17(16)19-15-9-5-2-6-10-15/h2,5-6,9-14H,1,3-4,7-8H2. The summed E-state index contributed by atoms with van der Waals surface area (Å²) in [5, 5.41) is 0. The summed E-state index contributed by atoms with van der Waals surface area (Å²) in [6.45, 7) is 0. The van der Waals surface area contributed by atoms with Crippen molar-refractivity contribution in [1.29, 1.82) is 0 Å². The minimum absolute atomic E-state index is 0.635. The van der Waals surface area contributed by atoms with Crippen LogP contribution in [0.15, 0.2) is 48.8 Å². The lowest BCUT2D eigenvalue weighted by molar-refractivity contribution is 0.417. The summed E-state index contributed by atoms with van der Waals surface area (Å²) in [4.78, 5) is 4.21. The van der Waals surface area contributed by atoms with Gasteiger partial charge in [0.05, 0.1) is 6.20 Å². The summed E-state index contributed by atoms with van der Waals surface area (Å²) in [6.07, 6.45) is 10.3. The van der Waals surface area contributed by atoms with E-state index in [9.17, 15) is 0 Å². The van der Waals surface area contributed by atoms with Gasteiger partial charge in [-0.2, -0.15) is 0 Å². The Balaban J connectivity index is 1.84. The molecule has 1 heterocycles. The Bertz CT molecular complexity index is 518. The number of ether oxygens (including phenoxy) is 1. The highest BCUT2D eigenvalue weighted by molar-refractivity contribution is 5.37. The van der Waals surface area contributed by atoms with Crippen molar-refractivity contribution in [2.75, 3.05) is 0 Å². The van der Waals surface area contributed by atoms with E-state index in [1.165, 1.54) is 37.7 Å². The van der Waals surface area contributed by atoms with Crippen LogP contribution in [-0.4, -0.2) is 4.98 Å². The van der Waals surface area contributed by atoms with Gasteiger partial charge in [0.1, 0.15) is 11.5 Å². The van der Waals surface area contributed by atoms with Gasteiger partial charge in [-0.25, -0.2) is 0 Å². The number of nitrogens with zero attached hydrogens (tertiary/aromatic N) is 1. The first kappa shape index (κ1) is 12.2. The maximum atomic E-state index is 6.00. The Hall–Kier alpha value is -1.83. The summed E-state index contributed by atoms with van der Waals surface area (Å²) >= 11 is 0. The average molecular weight is 253 g/mol. The van der Waals surface area contributed by atoms with Crippen molar-refractivity contribution in [1.82, 2.24) is 4.98 Å². The van der Waals surface area contributed by atoms with Gasteiger partial charge in [0.25, 0.3) is 0 Å². The lowest BCUT2D eigenvalue weighted by atomic mass is 9.84. The van der Waals surface area contributed by atoms with E-state index in [-0.39, 0.29) is 0 Å². The van der Waals surface area contributed by atoms with Gasteiger partial charge in [-0.3, -0.25) is 4.98 Å². The van der Waals surface area contributed by atoms with Gasteiger partial charge >= 0.3 is 0 Å². The molecule has 0 bridgehead atoms. The molecule has 0 radical (unpaired) electrons. The normalized spacial score (nSPS) is 16.2. The molecule has 0 atom stereocenters. The third kappa shape index (κ3) is 2.95. The molecule has 1 fully saturated rings. The predicted octanol–water partition coefficient (Wildman–Crippen LogP) is 4.92. The minimum atomic E-state index is 0.635. The van der Waals surface area contributed by atoms with Crippen LogP contribution >= 0.6 is 0 Å². The zero-order valence-corrected chi connectivity index (χ0v) is 11.1.